The van der Waals surface area contributed by atoms with Crippen LogP contribution in [0.5, 0.6) is 0 Å². The zero-order valence-electron chi connectivity index (χ0n) is 8.53. The molecule has 0 aliphatic carbocycles. The molecule has 8 heteroatoms. The molecule has 1 atom stereocenters. The Morgan fingerprint density at radius 2 is 2.50 bits per heavy atom. The molecule has 0 saturated carbocycles. The second-order valence-corrected chi connectivity index (χ2v) is 3.39. The lowest BCUT2D eigenvalue weighted by molar-refractivity contribution is -0.141. The van der Waals surface area contributed by atoms with Gasteiger partial charge in [-0.2, -0.15) is 5.10 Å². The molecule has 8 nitrogen and oxygen atoms in total. The van der Waals surface area contributed by atoms with Crippen LogP contribution in [0.1, 0.15) is 6.92 Å². The molecule has 0 fully saturated rings. The minimum atomic E-state index is -0.883. The number of hydrogen-bond acceptors (Lipinski definition) is 5. The van der Waals surface area contributed by atoms with E-state index in [-0.39, 0.29) is 6.54 Å². The van der Waals surface area contributed by atoms with Crippen molar-refractivity contribution < 1.29 is 9.90 Å². The van der Waals surface area contributed by atoms with Gasteiger partial charge in [-0.25, -0.2) is 4.68 Å². The maximum atomic E-state index is 10.7. The Kier molecular flexibility index (Phi) is 2.63. The van der Waals surface area contributed by atoms with E-state index in [0.717, 1.165) is 0 Å². The second-order valence-electron chi connectivity index (χ2n) is 3.39. The van der Waals surface area contributed by atoms with Gasteiger partial charge in [0.05, 0.1) is 12.5 Å². The maximum Gasteiger partial charge on any atom is 0.308 e. The van der Waals surface area contributed by atoms with Crippen molar-refractivity contribution in [2.24, 2.45) is 5.92 Å². The summed E-state index contributed by atoms with van der Waals surface area (Å²) in [5.74, 6) is -0.957. The molecule has 0 aliphatic rings. The first-order valence-electron chi connectivity index (χ1n) is 4.67. The van der Waals surface area contributed by atoms with Gasteiger partial charge >= 0.3 is 5.97 Å². The number of hydrogen-bond donors (Lipinski definition) is 2. The molecule has 2 aromatic rings. The maximum absolute atomic E-state index is 10.7. The normalized spacial score (nSPS) is 12.6. The van der Waals surface area contributed by atoms with E-state index >= 15 is 0 Å². The molecule has 16 heavy (non-hydrogen) atoms. The van der Waals surface area contributed by atoms with Crippen molar-refractivity contribution in [3.05, 3.63) is 12.3 Å². The molecular weight excluding hydrogens is 212 g/mol. The van der Waals surface area contributed by atoms with Crippen molar-refractivity contribution in [2.45, 2.75) is 13.5 Å². The first-order chi connectivity index (χ1) is 7.68. The topological polar surface area (TPSA) is 110 Å². The second kappa shape index (κ2) is 4.09. The van der Waals surface area contributed by atoms with E-state index in [0.29, 0.717) is 11.5 Å². The fraction of sp³-hybridized carbons (Fsp3) is 0.375. The van der Waals surface area contributed by atoms with Crippen molar-refractivity contribution in [2.75, 3.05) is 0 Å². The van der Waals surface area contributed by atoms with Gasteiger partial charge in [-0.1, -0.05) is 6.92 Å². The fourth-order valence-corrected chi connectivity index (χ4v) is 1.24. The van der Waals surface area contributed by atoms with E-state index in [2.05, 4.69) is 25.7 Å². The lowest BCUT2D eigenvalue weighted by atomic mass is 10.2. The van der Waals surface area contributed by atoms with Gasteiger partial charge in [0, 0.05) is 6.20 Å². The minimum Gasteiger partial charge on any atom is -0.481 e. The molecule has 84 valence electrons. The Balaban J connectivity index is 2.23. The monoisotopic (exact) mass is 222 g/mol. The smallest absolute Gasteiger partial charge is 0.308 e. The fourth-order valence-electron chi connectivity index (χ4n) is 1.24. The van der Waals surface area contributed by atoms with Crippen LogP contribution in [0, 0.1) is 5.92 Å². The van der Waals surface area contributed by atoms with Crippen LogP contribution in [0.15, 0.2) is 12.3 Å². The first kappa shape index (κ1) is 10.3. The van der Waals surface area contributed by atoms with E-state index < -0.39 is 11.9 Å². The summed E-state index contributed by atoms with van der Waals surface area (Å²) in [5, 5.41) is 26.4. The first-order valence-corrected chi connectivity index (χ1v) is 4.67. The number of nitrogens with one attached hydrogen (secondary N) is 1. The van der Waals surface area contributed by atoms with Gasteiger partial charge in [-0.05, 0) is 16.5 Å². The number of carboxylic acids is 1. The third-order valence-corrected chi connectivity index (χ3v) is 2.14. The SMILES string of the molecule is CC(Cn1nnnc1-c1ccn[nH]1)C(=O)O. The number of tetrazole rings is 1. The van der Waals surface area contributed by atoms with Crippen LogP contribution in [-0.4, -0.2) is 41.5 Å². The highest BCUT2D eigenvalue weighted by Crippen LogP contribution is 2.12. The molecule has 0 aromatic carbocycles. The standard InChI is InChI=1S/C8H10N6O2/c1-5(8(15)16)4-14-7(11-12-13-14)6-2-3-9-10-6/h2-3,5H,4H2,1H3,(H,9,10)(H,15,16). The van der Waals surface area contributed by atoms with Gasteiger partial charge in [0.1, 0.15) is 5.69 Å². The molecule has 0 aliphatic heterocycles. The van der Waals surface area contributed by atoms with Crippen molar-refractivity contribution >= 4 is 5.97 Å². The number of aromatic amines is 1. The molecule has 1 unspecified atom stereocenters. The number of aliphatic carboxylic acids is 1. The van der Waals surface area contributed by atoms with Gasteiger partial charge < -0.3 is 5.11 Å². The molecular formula is C8H10N6O2. The highest BCUT2D eigenvalue weighted by atomic mass is 16.4. The zero-order valence-corrected chi connectivity index (χ0v) is 8.53. The zero-order chi connectivity index (χ0) is 11.5. The number of carboxylic acid groups (broad SMARTS) is 1. The molecule has 0 bridgehead atoms. The average molecular weight is 222 g/mol. The van der Waals surface area contributed by atoms with E-state index in [9.17, 15) is 4.79 Å². The van der Waals surface area contributed by atoms with E-state index in [1.165, 1.54) is 4.68 Å². The van der Waals surface area contributed by atoms with Crippen molar-refractivity contribution in [1.29, 1.82) is 0 Å². The van der Waals surface area contributed by atoms with Crippen molar-refractivity contribution in [1.82, 2.24) is 30.4 Å². The third kappa shape index (κ3) is 1.90. The molecule has 0 spiro atoms. The van der Waals surface area contributed by atoms with Crippen molar-refractivity contribution in [3.8, 4) is 11.5 Å². The molecule has 0 radical (unpaired) electrons. The lowest BCUT2D eigenvalue weighted by Gasteiger charge is -2.06. The Morgan fingerprint density at radius 1 is 1.69 bits per heavy atom. The number of carbonyl (C=O) groups is 1. The Hall–Kier alpha value is -2.25. The lowest BCUT2D eigenvalue weighted by Crippen LogP contribution is -2.18. The largest absolute Gasteiger partial charge is 0.481 e. The van der Waals surface area contributed by atoms with Crippen LogP contribution in [0.3, 0.4) is 0 Å². The van der Waals surface area contributed by atoms with Gasteiger partial charge in [-0.3, -0.25) is 9.89 Å². The third-order valence-electron chi connectivity index (χ3n) is 2.14. The Bertz CT molecular complexity index is 476. The summed E-state index contributed by atoms with van der Waals surface area (Å²) in [5.41, 5.74) is 0.655. The van der Waals surface area contributed by atoms with Crippen LogP contribution >= 0.6 is 0 Å². The van der Waals surface area contributed by atoms with Crippen LogP contribution in [0.2, 0.25) is 0 Å². The van der Waals surface area contributed by atoms with E-state index in [1.54, 1.807) is 19.2 Å². The van der Waals surface area contributed by atoms with Gasteiger partial charge in [0.15, 0.2) is 5.82 Å². The van der Waals surface area contributed by atoms with Crippen molar-refractivity contribution in [3.63, 3.8) is 0 Å². The highest BCUT2D eigenvalue weighted by Gasteiger charge is 2.16. The molecule has 2 rings (SSSR count). The predicted molar refractivity (Wildman–Crippen MR) is 52.2 cm³/mol. The summed E-state index contributed by atoms with van der Waals surface area (Å²) < 4.78 is 1.44. The minimum absolute atomic E-state index is 0.219. The summed E-state index contributed by atoms with van der Waals surface area (Å²) in [7, 11) is 0. The quantitative estimate of drug-likeness (QED) is 0.740. The Morgan fingerprint density at radius 3 is 3.12 bits per heavy atom. The number of rotatable bonds is 4. The van der Waals surface area contributed by atoms with Crippen LogP contribution in [0.4, 0.5) is 0 Å². The molecule has 2 heterocycles. The number of nitrogens with zero attached hydrogens (tertiary/aromatic N) is 5. The number of aromatic nitrogens is 6. The Labute approximate surface area is 90.3 Å². The highest BCUT2D eigenvalue weighted by molar-refractivity contribution is 5.69. The molecule has 2 N–H and O–H groups in total. The van der Waals surface area contributed by atoms with Crippen LogP contribution in [0.25, 0.3) is 11.5 Å². The summed E-state index contributed by atoms with van der Waals surface area (Å²) in [6, 6.07) is 1.72. The summed E-state index contributed by atoms with van der Waals surface area (Å²) in [6.07, 6.45) is 1.58. The van der Waals surface area contributed by atoms with Crippen LogP contribution in [-0.2, 0) is 11.3 Å². The average Bonchev–Trinajstić information content (AvgIpc) is 2.85. The van der Waals surface area contributed by atoms with E-state index in [4.69, 9.17) is 5.11 Å². The summed E-state index contributed by atoms with van der Waals surface area (Å²) in [6.45, 7) is 1.82. The van der Waals surface area contributed by atoms with Crippen LogP contribution < -0.4 is 0 Å². The summed E-state index contributed by atoms with van der Waals surface area (Å²) >= 11 is 0. The molecule has 0 saturated heterocycles. The molecule has 0 amide bonds. The van der Waals surface area contributed by atoms with E-state index in [1.807, 2.05) is 0 Å². The number of H-pyrrole nitrogens is 1. The van der Waals surface area contributed by atoms with Gasteiger partial charge in [-0.15, -0.1) is 5.10 Å². The molecule has 2 aromatic heterocycles. The predicted octanol–water partition coefficient (Wildman–Crippen LogP) is -0.216. The van der Waals surface area contributed by atoms with Gasteiger partial charge in [0.25, 0.3) is 0 Å². The van der Waals surface area contributed by atoms with Gasteiger partial charge in [0.2, 0.25) is 0 Å². The summed E-state index contributed by atoms with van der Waals surface area (Å²) in [4.78, 5) is 10.7.